The number of nitrogens with zero attached hydrogens (tertiary/aromatic N) is 2. The number of rotatable bonds is 3. The molecular formula is C13H27N3. The van der Waals surface area contributed by atoms with Crippen LogP contribution in [0.3, 0.4) is 0 Å². The Labute approximate surface area is 100 Å². The predicted octanol–water partition coefficient (Wildman–Crippen LogP) is 2.33. The van der Waals surface area contributed by atoms with Crippen LogP contribution in [0.5, 0.6) is 0 Å². The van der Waals surface area contributed by atoms with E-state index in [0.717, 1.165) is 37.4 Å². The highest BCUT2D eigenvalue weighted by molar-refractivity contribution is 5.78. The Morgan fingerprint density at radius 1 is 1.25 bits per heavy atom. The van der Waals surface area contributed by atoms with Crippen LogP contribution in [0, 0.1) is 17.8 Å². The smallest absolute Gasteiger partial charge is 0.191 e. The maximum atomic E-state index is 5.99. The summed E-state index contributed by atoms with van der Waals surface area (Å²) in [6, 6.07) is 0. The number of nitrogens with two attached hydrogens (primary N) is 1. The summed E-state index contributed by atoms with van der Waals surface area (Å²) in [6.07, 6.45) is 2.52. The van der Waals surface area contributed by atoms with Gasteiger partial charge >= 0.3 is 0 Å². The number of likely N-dealkylation sites (tertiary alicyclic amines) is 1. The van der Waals surface area contributed by atoms with Crippen LogP contribution in [0.15, 0.2) is 4.99 Å². The van der Waals surface area contributed by atoms with Gasteiger partial charge in [-0.3, -0.25) is 4.99 Å². The fraction of sp³-hybridized carbons (Fsp3) is 0.923. The SMILES string of the molecule is CC(C)CN=C(N)N1CCC(C(C)C)CC1. The van der Waals surface area contributed by atoms with Gasteiger partial charge in [-0.15, -0.1) is 0 Å². The molecule has 0 atom stereocenters. The molecule has 0 aliphatic carbocycles. The van der Waals surface area contributed by atoms with Crippen LogP contribution in [0.1, 0.15) is 40.5 Å². The quantitative estimate of drug-likeness (QED) is 0.591. The predicted molar refractivity (Wildman–Crippen MR) is 70.5 cm³/mol. The Balaban J connectivity index is 2.38. The molecule has 0 unspecified atom stereocenters. The molecule has 3 heteroatoms. The van der Waals surface area contributed by atoms with Gasteiger partial charge in [0, 0.05) is 19.6 Å². The summed E-state index contributed by atoms with van der Waals surface area (Å²) in [5.41, 5.74) is 5.99. The Morgan fingerprint density at radius 3 is 2.25 bits per heavy atom. The monoisotopic (exact) mass is 225 g/mol. The third-order valence-corrected chi connectivity index (χ3v) is 3.42. The summed E-state index contributed by atoms with van der Waals surface area (Å²) in [6.45, 7) is 12.0. The minimum atomic E-state index is 0.590. The maximum Gasteiger partial charge on any atom is 0.191 e. The van der Waals surface area contributed by atoms with E-state index in [-0.39, 0.29) is 0 Å². The van der Waals surface area contributed by atoms with Gasteiger partial charge in [-0.25, -0.2) is 0 Å². The first-order valence-electron chi connectivity index (χ1n) is 6.55. The van der Waals surface area contributed by atoms with Crippen LogP contribution in [-0.2, 0) is 0 Å². The van der Waals surface area contributed by atoms with E-state index < -0.39 is 0 Å². The number of hydrogen-bond acceptors (Lipinski definition) is 1. The van der Waals surface area contributed by atoms with E-state index in [0.29, 0.717) is 5.92 Å². The zero-order valence-electron chi connectivity index (χ0n) is 11.2. The molecule has 1 aliphatic rings. The van der Waals surface area contributed by atoms with E-state index in [4.69, 9.17) is 5.73 Å². The van der Waals surface area contributed by atoms with Crippen LogP contribution < -0.4 is 5.73 Å². The van der Waals surface area contributed by atoms with Gasteiger partial charge in [-0.1, -0.05) is 27.7 Å². The van der Waals surface area contributed by atoms with Gasteiger partial charge in [0.25, 0.3) is 0 Å². The summed E-state index contributed by atoms with van der Waals surface area (Å²) >= 11 is 0. The van der Waals surface area contributed by atoms with E-state index in [9.17, 15) is 0 Å². The fourth-order valence-corrected chi connectivity index (χ4v) is 2.17. The third-order valence-electron chi connectivity index (χ3n) is 3.42. The standard InChI is InChI=1S/C13H27N3/c1-10(2)9-15-13(14)16-7-5-12(6-8-16)11(3)4/h10-12H,5-9H2,1-4H3,(H2,14,15). The number of guanidine groups is 1. The Kier molecular flexibility index (Phi) is 5.10. The van der Waals surface area contributed by atoms with Gasteiger partial charge in [0.2, 0.25) is 0 Å². The molecule has 0 saturated carbocycles. The lowest BCUT2D eigenvalue weighted by molar-refractivity contribution is 0.218. The number of piperidine rings is 1. The second-order valence-corrected chi connectivity index (χ2v) is 5.66. The van der Waals surface area contributed by atoms with Crippen LogP contribution in [0.2, 0.25) is 0 Å². The van der Waals surface area contributed by atoms with Crippen LogP contribution in [0.25, 0.3) is 0 Å². The zero-order valence-corrected chi connectivity index (χ0v) is 11.2. The van der Waals surface area contributed by atoms with Crippen molar-refractivity contribution in [2.75, 3.05) is 19.6 Å². The molecule has 0 spiro atoms. The minimum Gasteiger partial charge on any atom is -0.370 e. The molecule has 0 bridgehead atoms. The molecular weight excluding hydrogens is 198 g/mol. The molecule has 1 heterocycles. The average molecular weight is 225 g/mol. The van der Waals surface area contributed by atoms with Crippen molar-refractivity contribution in [3.05, 3.63) is 0 Å². The molecule has 0 amide bonds. The van der Waals surface area contributed by atoms with Gasteiger partial charge in [0.1, 0.15) is 0 Å². The molecule has 0 aromatic carbocycles. The summed E-state index contributed by atoms with van der Waals surface area (Å²) < 4.78 is 0. The molecule has 1 fully saturated rings. The van der Waals surface area contributed by atoms with Crippen LogP contribution >= 0.6 is 0 Å². The first-order valence-corrected chi connectivity index (χ1v) is 6.55. The number of hydrogen-bond donors (Lipinski definition) is 1. The lowest BCUT2D eigenvalue weighted by Gasteiger charge is -2.34. The Morgan fingerprint density at radius 2 is 1.81 bits per heavy atom. The normalized spacial score (nSPS) is 19.9. The molecule has 0 aromatic rings. The van der Waals surface area contributed by atoms with Gasteiger partial charge in [0.05, 0.1) is 0 Å². The van der Waals surface area contributed by atoms with Crippen molar-refractivity contribution >= 4 is 5.96 Å². The molecule has 2 N–H and O–H groups in total. The van der Waals surface area contributed by atoms with Crippen molar-refractivity contribution in [3.8, 4) is 0 Å². The van der Waals surface area contributed by atoms with E-state index in [1.54, 1.807) is 0 Å². The molecule has 3 nitrogen and oxygen atoms in total. The van der Waals surface area contributed by atoms with Crippen molar-refractivity contribution in [1.29, 1.82) is 0 Å². The van der Waals surface area contributed by atoms with Crippen LogP contribution in [-0.4, -0.2) is 30.5 Å². The highest BCUT2D eigenvalue weighted by atomic mass is 15.3. The van der Waals surface area contributed by atoms with Crippen LogP contribution in [0.4, 0.5) is 0 Å². The second-order valence-electron chi connectivity index (χ2n) is 5.66. The topological polar surface area (TPSA) is 41.6 Å². The zero-order chi connectivity index (χ0) is 12.1. The third kappa shape index (κ3) is 4.03. The minimum absolute atomic E-state index is 0.590. The lowest BCUT2D eigenvalue weighted by Crippen LogP contribution is -2.43. The fourth-order valence-electron chi connectivity index (χ4n) is 2.17. The van der Waals surface area contributed by atoms with Crippen molar-refractivity contribution in [3.63, 3.8) is 0 Å². The first-order chi connectivity index (χ1) is 7.50. The maximum absolute atomic E-state index is 5.99. The summed E-state index contributed by atoms with van der Waals surface area (Å²) in [5.74, 6) is 3.01. The van der Waals surface area contributed by atoms with Crippen molar-refractivity contribution < 1.29 is 0 Å². The van der Waals surface area contributed by atoms with Crippen molar-refractivity contribution in [2.45, 2.75) is 40.5 Å². The molecule has 94 valence electrons. The molecule has 0 aromatic heterocycles. The molecule has 16 heavy (non-hydrogen) atoms. The first kappa shape index (κ1) is 13.3. The highest BCUT2D eigenvalue weighted by Gasteiger charge is 2.22. The van der Waals surface area contributed by atoms with Gasteiger partial charge in [-0.2, -0.15) is 0 Å². The van der Waals surface area contributed by atoms with E-state index >= 15 is 0 Å². The van der Waals surface area contributed by atoms with Crippen molar-refractivity contribution in [2.24, 2.45) is 28.5 Å². The number of aliphatic imine (C=N–C) groups is 1. The van der Waals surface area contributed by atoms with E-state index in [1.807, 2.05) is 0 Å². The Hall–Kier alpha value is -0.730. The van der Waals surface area contributed by atoms with Crippen molar-refractivity contribution in [1.82, 2.24) is 4.90 Å². The molecule has 0 radical (unpaired) electrons. The van der Waals surface area contributed by atoms with Gasteiger partial charge in [0.15, 0.2) is 5.96 Å². The van der Waals surface area contributed by atoms with Gasteiger partial charge in [-0.05, 0) is 30.6 Å². The van der Waals surface area contributed by atoms with E-state index in [2.05, 4.69) is 37.6 Å². The summed E-state index contributed by atoms with van der Waals surface area (Å²) in [4.78, 5) is 6.67. The molecule has 1 saturated heterocycles. The largest absolute Gasteiger partial charge is 0.370 e. The Bertz CT molecular complexity index is 225. The summed E-state index contributed by atoms with van der Waals surface area (Å²) in [5, 5.41) is 0. The van der Waals surface area contributed by atoms with E-state index in [1.165, 1.54) is 12.8 Å². The van der Waals surface area contributed by atoms with Gasteiger partial charge < -0.3 is 10.6 Å². The summed E-state index contributed by atoms with van der Waals surface area (Å²) in [7, 11) is 0. The highest BCUT2D eigenvalue weighted by Crippen LogP contribution is 2.24. The second kappa shape index (κ2) is 6.12. The lowest BCUT2D eigenvalue weighted by atomic mass is 9.87. The molecule has 1 rings (SSSR count). The average Bonchev–Trinajstić information content (AvgIpc) is 2.26. The molecule has 1 aliphatic heterocycles.